The second kappa shape index (κ2) is 8.94. The zero-order valence-corrected chi connectivity index (χ0v) is 14.6. The maximum Gasteiger partial charge on any atom is 0.271 e. The molecule has 0 aliphatic heterocycles. The van der Waals surface area contributed by atoms with Gasteiger partial charge in [0.2, 0.25) is 0 Å². The van der Waals surface area contributed by atoms with Crippen molar-refractivity contribution in [3.8, 4) is 0 Å². The molecule has 0 bridgehead atoms. The van der Waals surface area contributed by atoms with Gasteiger partial charge in [0, 0.05) is 15.2 Å². The number of carbonyl (C=O) groups excluding carboxylic acids is 2. The van der Waals surface area contributed by atoms with Gasteiger partial charge in [-0.05, 0) is 64.1 Å². The smallest absolute Gasteiger partial charge is 0.271 e. The van der Waals surface area contributed by atoms with Crippen LogP contribution in [0.1, 0.15) is 21.5 Å². The molecule has 0 spiro atoms. The third-order valence-corrected chi connectivity index (χ3v) is 3.66. The van der Waals surface area contributed by atoms with E-state index in [0.29, 0.717) is 11.1 Å². The van der Waals surface area contributed by atoms with Gasteiger partial charge in [0.1, 0.15) is 0 Å². The fourth-order valence-electron chi connectivity index (χ4n) is 1.77. The molecular weight excluding hydrogens is 421 g/mol. The number of halogens is 1. The Morgan fingerprint density at radius 3 is 2.54 bits per heavy atom. The van der Waals surface area contributed by atoms with Crippen molar-refractivity contribution in [3.63, 3.8) is 0 Å². The molecule has 0 aliphatic rings. The van der Waals surface area contributed by atoms with Gasteiger partial charge in [-0.1, -0.05) is 24.3 Å². The summed E-state index contributed by atoms with van der Waals surface area (Å²) in [6, 6.07) is 14.4. The van der Waals surface area contributed by atoms with Crippen LogP contribution in [0.2, 0.25) is 0 Å². The van der Waals surface area contributed by atoms with Crippen LogP contribution in [0, 0.1) is 3.57 Å². The Labute approximate surface area is 152 Å². The summed E-state index contributed by atoms with van der Waals surface area (Å²) in [5.74, 6) is -1.01. The molecule has 7 heteroatoms. The van der Waals surface area contributed by atoms with E-state index in [1.807, 2.05) is 24.3 Å². The van der Waals surface area contributed by atoms with Crippen molar-refractivity contribution in [2.24, 2.45) is 5.10 Å². The van der Waals surface area contributed by atoms with Crippen molar-refractivity contribution in [2.45, 2.75) is 0 Å². The normalized spacial score (nSPS) is 10.9. The van der Waals surface area contributed by atoms with Crippen LogP contribution < -0.4 is 10.9 Å². The summed E-state index contributed by atoms with van der Waals surface area (Å²) < 4.78 is 1.12. The van der Waals surface area contributed by atoms with E-state index in [4.69, 9.17) is 5.21 Å². The number of hydrazone groups is 1. The molecule has 6 nitrogen and oxygen atoms in total. The number of hydrogen-bond acceptors (Lipinski definition) is 4. The maximum absolute atomic E-state index is 12.1. The Balaban J connectivity index is 2.00. The lowest BCUT2D eigenvalue weighted by Gasteiger charge is -2.01. The van der Waals surface area contributed by atoms with Crippen LogP contribution in [0.3, 0.4) is 0 Å². The van der Waals surface area contributed by atoms with Crippen LogP contribution in [0.25, 0.3) is 6.08 Å². The molecule has 0 fully saturated rings. The fraction of sp³-hybridized carbons (Fsp3) is 0. The second-order valence-corrected chi connectivity index (χ2v) is 5.93. The fourth-order valence-corrected chi connectivity index (χ4v) is 2.13. The van der Waals surface area contributed by atoms with Crippen LogP contribution in [-0.4, -0.2) is 23.2 Å². The third kappa shape index (κ3) is 5.60. The SMILES string of the molecule is O=C(C=Cc1cccc(C(=O)NN=Cc2ccc(I)cc2)c1)NO. The molecule has 0 aromatic heterocycles. The van der Waals surface area contributed by atoms with Crippen LogP contribution in [-0.2, 0) is 4.79 Å². The highest BCUT2D eigenvalue weighted by Crippen LogP contribution is 2.08. The first-order valence-electron chi connectivity index (χ1n) is 6.89. The highest BCUT2D eigenvalue weighted by atomic mass is 127. The number of hydroxylamine groups is 1. The van der Waals surface area contributed by atoms with Gasteiger partial charge < -0.3 is 0 Å². The standard InChI is InChI=1S/C17H14IN3O3/c18-15-7-4-13(5-8-15)11-19-20-17(23)14-3-1-2-12(10-14)6-9-16(22)21-24/h1-11,24H,(H,20,23)(H,21,22). The average Bonchev–Trinajstić information content (AvgIpc) is 2.61. The average molecular weight is 435 g/mol. The third-order valence-electron chi connectivity index (χ3n) is 2.94. The minimum atomic E-state index is -0.646. The molecule has 0 heterocycles. The monoisotopic (exact) mass is 435 g/mol. The topological polar surface area (TPSA) is 90.8 Å². The maximum atomic E-state index is 12.1. The lowest BCUT2D eigenvalue weighted by molar-refractivity contribution is -0.124. The first-order chi connectivity index (χ1) is 11.6. The number of carbonyl (C=O) groups is 2. The van der Waals surface area contributed by atoms with E-state index in [9.17, 15) is 9.59 Å². The molecule has 3 N–H and O–H groups in total. The number of benzene rings is 2. The largest absolute Gasteiger partial charge is 0.288 e. The Morgan fingerprint density at radius 2 is 1.83 bits per heavy atom. The molecule has 2 aromatic rings. The van der Waals surface area contributed by atoms with Gasteiger partial charge in [-0.2, -0.15) is 5.10 Å². The summed E-state index contributed by atoms with van der Waals surface area (Å²) in [6.07, 6.45) is 4.20. The van der Waals surface area contributed by atoms with Crippen molar-refractivity contribution < 1.29 is 14.8 Å². The lowest BCUT2D eigenvalue weighted by Crippen LogP contribution is -2.17. The van der Waals surface area contributed by atoms with Gasteiger partial charge in [-0.3, -0.25) is 14.8 Å². The van der Waals surface area contributed by atoms with Crippen LogP contribution in [0.4, 0.5) is 0 Å². The molecule has 24 heavy (non-hydrogen) atoms. The van der Waals surface area contributed by atoms with Crippen molar-refractivity contribution in [1.29, 1.82) is 0 Å². The van der Waals surface area contributed by atoms with E-state index in [2.05, 4.69) is 33.1 Å². The predicted octanol–water partition coefficient (Wildman–Crippen LogP) is 2.57. The van der Waals surface area contributed by atoms with Crippen molar-refractivity contribution in [2.75, 3.05) is 0 Å². The Hall–Kier alpha value is -2.52. The Morgan fingerprint density at radius 1 is 1.08 bits per heavy atom. The van der Waals surface area contributed by atoms with E-state index < -0.39 is 5.91 Å². The number of amides is 2. The minimum Gasteiger partial charge on any atom is -0.288 e. The van der Waals surface area contributed by atoms with E-state index in [-0.39, 0.29) is 5.91 Å². The van der Waals surface area contributed by atoms with Gasteiger partial charge in [0.15, 0.2) is 0 Å². The summed E-state index contributed by atoms with van der Waals surface area (Å²) in [6.45, 7) is 0. The zero-order chi connectivity index (χ0) is 17.4. The van der Waals surface area contributed by atoms with Gasteiger partial charge in [0.05, 0.1) is 6.21 Å². The molecular formula is C17H14IN3O3. The minimum absolute atomic E-state index is 0.362. The highest BCUT2D eigenvalue weighted by molar-refractivity contribution is 14.1. The van der Waals surface area contributed by atoms with E-state index >= 15 is 0 Å². The summed E-state index contributed by atoms with van der Waals surface area (Å²) >= 11 is 2.21. The van der Waals surface area contributed by atoms with Crippen LogP contribution in [0.15, 0.2) is 59.7 Å². The first-order valence-corrected chi connectivity index (χ1v) is 7.97. The summed E-state index contributed by atoms with van der Waals surface area (Å²) in [4.78, 5) is 23.0. The van der Waals surface area contributed by atoms with E-state index in [0.717, 1.165) is 15.2 Å². The van der Waals surface area contributed by atoms with E-state index in [1.165, 1.54) is 11.6 Å². The highest BCUT2D eigenvalue weighted by Gasteiger charge is 2.04. The Kier molecular flexibility index (Phi) is 6.64. The molecule has 2 rings (SSSR count). The molecule has 122 valence electrons. The molecule has 0 aliphatic carbocycles. The number of nitrogens with zero attached hydrogens (tertiary/aromatic N) is 1. The predicted molar refractivity (Wildman–Crippen MR) is 99.6 cm³/mol. The molecule has 0 atom stereocenters. The zero-order valence-electron chi connectivity index (χ0n) is 12.4. The Bertz CT molecular complexity index is 786. The summed E-state index contributed by atoms with van der Waals surface area (Å²) in [5.41, 5.74) is 5.87. The van der Waals surface area contributed by atoms with Crippen molar-refractivity contribution in [1.82, 2.24) is 10.9 Å². The van der Waals surface area contributed by atoms with Gasteiger partial charge in [0.25, 0.3) is 11.8 Å². The molecule has 0 unspecified atom stereocenters. The van der Waals surface area contributed by atoms with Crippen molar-refractivity contribution in [3.05, 3.63) is 74.9 Å². The van der Waals surface area contributed by atoms with Gasteiger partial charge >= 0.3 is 0 Å². The summed E-state index contributed by atoms with van der Waals surface area (Å²) in [5, 5.41) is 12.4. The number of nitrogens with one attached hydrogen (secondary N) is 2. The molecule has 2 amide bonds. The number of rotatable bonds is 5. The quantitative estimate of drug-likeness (QED) is 0.222. The lowest BCUT2D eigenvalue weighted by atomic mass is 10.1. The van der Waals surface area contributed by atoms with Crippen LogP contribution in [0.5, 0.6) is 0 Å². The first kappa shape index (κ1) is 17.8. The number of hydrogen-bond donors (Lipinski definition) is 3. The van der Waals surface area contributed by atoms with Gasteiger partial charge in [-0.15, -0.1) is 0 Å². The van der Waals surface area contributed by atoms with E-state index in [1.54, 1.807) is 30.5 Å². The van der Waals surface area contributed by atoms with Gasteiger partial charge in [-0.25, -0.2) is 10.9 Å². The molecule has 2 aromatic carbocycles. The second-order valence-electron chi connectivity index (χ2n) is 4.69. The molecule has 0 saturated carbocycles. The van der Waals surface area contributed by atoms with Crippen LogP contribution >= 0.6 is 22.6 Å². The molecule has 0 saturated heterocycles. The summed E-state index contributed by atoms with van der Waals surface area (Å²) in [7, 11) is 0. The van der Waals surface area contributed by atoms with Crippen molar-refractivity contribution >= 4 is 46.7 Å². The molecule has 0 radical (unpaired) electrons.